The van der Waals surface area contributed by atoms with Crippen LogP contribution >= 0.6 is 11.6 Å². The lowest BCUT2D eigenvalue weighted by Crippen LogP contribution is -2.05. The van der Waals surface area contributed by atoms with Crippen LogP contribution in [0.15, 0.2) is 12.1 Å². The number of ether oxygens (including phenoxy) is 2. The fourth-order valence-corrected chi connectivity index (χ4v) is 2.12. The van der Waals surface area contributed by atoms with Crippen molar-refractivity contribution in [3.8, 4) is 11.5 Å². The van der Waals surface area contributed by atoms with E-state index in [1.165, 1.54) is 0 Å². The summed E-state index contributed by atoms with van der Waals surface area (Å²) in [4.78, 5) is 8.51. The highest BCUT2D eigenvalue weighted by Crippen LogP contribution is 2.35. The third kappa shape index (κ3) is 2.38. The number of benzene rings is 1. The van der Waals surface area contributed by atoms with E-state index in [1.54, 1.807) is 20.3 Å². The van der Waals surface area contributed by atoms with Crippen LogP contribution in [0.2, 0.25) is 5.28 Å². The Morgan fingerprint density at radius 3 is 2.63 bits per heavy atom. The molecule has 1 heterocycles. The Kier molecular flexibility index (Phi) is 3.06. The predicted molar refractivity (Wildman–Crippen MR) is 74.3 cm³/mol. The molecule has 3 rings (SSSR count). The molecule has 1 aliphatic carbocycles. The number of halogens is 1. The monoisotopic (exact) mass is 279 g/mol. The van der Waals surface area contributed by atoms with Gasteiger partial charge in [0, 0.05) is 12.1 Å². The fourth-order valence-electron chi connectivity index (χ4n) is 1.95. The molecule has 6 heteroatoms. The first-order valence-electron chi connectivity index (χ1n) is 6.07. The molecule has 0 radical (unpaired) electrons. The Balaban J connectivity index is 2.22. The van der Waals surface area contributed by atoms with E-state index in [-0.39, 0.29) is 5.28 Å². The smallest absolute Gasteiger partial charge is 0.225 e. The number of rotatable bonds is 4. The SMILES string of the molecule is COc1cc(OC)c2nc(Cl)nc(NC3CC3)c2c1. The zero-order valence-electron chi connectivity index (χ0n) is 10.7. The van der Waals surface area contributed by atoms with Crippen LogP contribution in [0, 0.1) is 0 Å². The third-order valence-corrected chi connectivity index (χ3v) is 3.25. The van der Waals surface area contributed by atoms with E-state index in [2.05, 4.69) is 15.3 Å². The molecule has 0 unspecified atom stereocenters. The number of hydrogen-bond acceptors (Lipinski definition) is 5. The van der Waals surface area contributed by atoms with Gasteiger partial charge in [-0.1, -0.05) is 0 Å². The Morgan fingerprint density at radius 1 is 1.21 bits per heavy atom. The van der Waals surface area contributed by atoms with Crippen molar-refractivity contribution >= 4 is 28.3 Å². The molecule has 1 fully saturated rings. The van der Waals surface area contributed by atoms with Gasteiger partial charge in [-0.25, -0.2) is 9.97 Å². The Morgan fingerprint density at radius 2 is 2.00 bits per heavy atom. The highest BCUT2D eigenvalue weighted by molar-refractivity contribution is 6.29. The van der Waals surface area contributed by atoms with Gasteiger partial charge < -0.3 is 14.8 Å². The van der Waals surface area contributed by atoms with Gasteiger partial charge >= 0.3 is 0 Å². The average Bonchev–Trinajstić information content (AvgIpc) is 3.21. The van der Waals surface area contributed by atoms with Crippen LogP contribution < -0.4 is 14.8 Å². The van der Waals surface area contributed by atoms with E-state index in [0.29, 0.717) is 23.1 Å². The minimum Gasteiger partial charge on any atom is -0.497 e. The molecule has 1 N–H and O–H groups in total. The van der Waals surface area contributed by atoms with Crippen molar-refractivity contribution in [3.63, 3.8) is 0 Å². The summed E-state index contributed by atoms with van der Waals surface area (Å²) in [6, 6.07) is 4.15. The molecule has 5 nitrogen and oxygen atoms in total. The molecule has 1 saturated carbocycles. The minimum atomic E-state index is 0.208. The molecular weight excluding hydrogens is 266 g/mol. The molecule has 0 aliphatic heterocycles. The molecule has 19 heavy (non-hydrogen) atoms. The van der Waals surface area contributed by atoms with Crippen LogP contribution in [-0.2, 0) is 0 Å². The molecule has 0 spiro atoms. The average molecular weight is 280 g/mol. The van der Waals surface area contributed by atoms with Crippen molar-refractivity contribution < 1.29 is 9.47 Å². The molecular formula is C13H14ClN3O2. The quantitative estimate of drug-likeness (QED) is 0.872. The second-order valence-corrected chi connectivity index (χ2v) is 4.82. The molecule has 1 aromatic carbocycles. The van der Waals surface area contributed by atoms with E-state index >= 15 is 0 Å². The first-order chi connectivity index (χ1) is 9.21. The molecule has 0 bridgehead atoms. The predicted octanol–water partition coefficient (Wildman–Crippen LogP) is 2.87. The van der Waals surface area contributed by atoms with Gasteiger partial charge in [-0.2, -0.15) is 0 Å². The number of hydrogen-bond donors (Lipinski definition) is 1. The number of methoxy groups -OCH3 is 2. The highest BCUT2D eigenvalue weighted by atomic mass is 35.5. The van der Waals surface area contributed by atoms with Crippen LogP contribution in [0.3, 0.4) is 0 Å². The lowest BCUT2D eigenvalue weighted by molar-refractivity contribution is 0.397. The first-order valence-corrected chi connectivity index (χ1v) is 6.45. The van der Waals surface area contributed by atoms with Gasteiger partial charge in [0.1, 0.15) is 22.8 Å². The zero-order valence-corrected chi connectivity index (χ0v) is 11.5. The summed E-state index contributed by atoms with van der Waals surface area (Å²) in [5, 5.41) is 4.42. The van der Waals surface area contributed by atoms with Crippen molar-refractivity contribution in [3.05, 3.63) is 17.4 Å². The maximum atomic E-state index is 5.98. The summed E-state index contributed by atoms with van der Waals surface area (Å²) in [6.45, 7) is 0. The van der Waals surface area contributed by atoms with E-state index in [0.717, 1.165) is 24.0 Å². The van der Waals surface area contributed by atoms with Crippen molar-refractivity contribution in [1.82, 2.24) is 9.97 Å². The highest BCUT2D eigenvalue weighted by Gasteiger charge is 2.23. The number of anilines is 1. The van der Waals surface area contributed by atoms with Gasteiger partial charge in [-0.3, -0.25) is 0 Å². The lowest BCUT2D eigenvalue weighted by Gasteiger charge is -2.12. The van der Waals surface area contributed by atoms with E-state index in [4.69, 9.17) is 21.1 Å². The second-order valence-electron chi connectivity index (χ2n) is 4.49. The second kappa shape index (κ2) is 4.74. The van der Waals surface area contributed by atoms with Crippen LogP contribution in [0.25, 0.3) is 10.9 Å². The summed E-state index contributed by atoms with van der Waals surface area (Å²) in [7, 11) is 3.21. The summed E-state index contributed by atoms with van der Waals surface area (Å²) in [5.74, 6) is 2.06. The Labute approximate surface area is 115 Å². The van der Waals surface area contributed by atoms with Crippen molar-refractivity contribution in [2.24, 2.45) is 0 Å². The normalized spacial score (nSPS) is 14.5. The lowest BCUT2D eigenvalue weighted by atomic mass is 10.2. The molecule has 0 saturated heterocycles. The van der Waals surface area contributed by atoms with Gasteiger partial charge in [-0.05, 0) is 30.5 Å². The fraction of sp³-hybridized carbons (Fsp3) is 0.385. The standard InChI is InChI=1S/C13H14ClN3O2/c1-18-8-5-9-11(10(6-8)19-2)16-13(14)17-12(9)15-7-3-4-7/h5-7H,3-4H2,1-2H3,(H,15,16,17). The summed E-state index contributed by atoms with van der Waals surface area (Å²) in [6.07, 6.45) is 2.31. The van der Waals surface area contributed by atoms with Crippen LogP contribution in [0.4, 0.5) is 5.82 Å². The topological polar surface area (TPSA) is 56.3 Å². The molecule has 1 aliphatic rings. The van der Waals surface area contributed by atoms with Crippen LogP contribution in [0.1, 0.15) is 12.8 Å². The van der Waals surface area contributed by atoms with Crippen LogP contribution in [-0.4, -0.2) is 30.2 Å². The molecule has 100 valence electrons. The van der Waals surface area contributed by atoms with Gasteiger partial charge in [0.15, 0.2) is 0 Å². The van der Waals surface area contributed by atoms with Crippen molar-refractivity contribution in [2.45, 2.75) is 18.9 Å². The van der Waals surface area contributed by atoms with Gasteiger partial charge in [0.05, 0.1) is 19.6 Å². The number of nitrogens with one attached hydrogen (secondary N) is 1. The van der Waals surface area contributed by atoms with Gasteiger partial charge in [0.2, 0.25) is 5.28 Å². The minimum absolute atomic E-state index is 0.208. The van der Waals surface area contributed by atoms with Gasteiger partial charge in [0.25, 0.3) is 0 Å². The zero-order chi connectivity index (χ0) is 13.4. The molecule has 0 atom stereocenters. The van der Waals surface area contributed by atoms with E-state index in [9.17, 15) is 0 Å². The van der Waals surface area contributed by atoms with E-state index < -0.39 is 0 Å². The number of fused-ring (bicyclic) bond motifs is 1. The first kappa shape index (κ1) is 12.3. The largest absolute Gasteiger partial charge is 0.497 e. The maximum Gasteiger partial charge on any atom is 0.225 e. The van der Waals surface area contributed by atoms with Gasteiger partial charge in [-0.15, -0.1) is 0 Å². The van der Waals surface area contributed by atoms with E-state index in [1.807, 2.05) is 6.07 Å². The molecule has 0 amide bonds. The van der Waals surface area contributed by atoms with Crippen molar-refractivity contribution in [2.75, 3.05) is 19.5 Å². The number of aromatic nitrogens is 2. The Bertz CT molecular complexity index is 629. The summed E-state index contributed by atoms with van der Waals surface area (Å²) < 4.78 is 10.6. The summed E-state index contributed by atoms with van der Waals surface area (Å²) in [5.41, 5.74) is 0.687. The maximum absolute atomic E-state index is 5.98. The third-order valence-electron chi connectivity index (χ3n) is 3.09. The number of nitrogens with zero attached hydrogens (tertiary/aromatic N) is 2. The Hall–Kier alpha value is -1.75. The molecule has 1 aromatic heterocycles. The summed E-state index contributed by atoms with van der Waals surface area (Å²) >= 11 is 5.98. The van der Waals surface area contributed by atoms with Crippen molar-refractivity contribution in [1.29, 1.82) is 0 Å². The van der Waals surface area contributed by atoms with Crippen LogP contribution in [0.5, 0.6) is 11.5 Å². The molecule has 2 aromatic rings.